The molecule has 0 bridgehead atoms. The third-order valence-corrected chi connectivity index (χ3v) is 8.50. The topological polar surface area (TPSA) is 357 Å². The molecule has 22 nitrogen and oxygen atoms in total. The molecule has 1 amide bonds. The van der Waals surface area contributed by atoms with E-state index in [2.05, 4.69) is 5.32 Å². The smallest absolute Gasteiger partial charge is 0.217 e. The first-order chi connectivity index (χ1) is 23.2. The Morgan fingerprint density at radius 1 is 0.694 bits per heavy atom. The minimum absolute atomic E-state index is 0.656. The number of nitrogens with one attached hydrogen (secondary N) is 1. The number of rotatable bonds is 17. The monoisotopic (exact) mass is 723 g/mol. The Kier molecular flexibility index (Phi) is 16.3. The van der Waals surface area contributed by atoms with Crippen molar-refractivity contribution in [2.45, 2.75) is 123 Å². The lowest BCUT2D eigenvalue weighted by molar-refractivity contribution is -0.336. The van der Waals surface area contributed by atoms with Crippen molar-refractivity contribution < 1.29 is 104 Å². The molecule has 288 valence electrons. The molecule has 0 spiro atoms. The second kappa shape index (κ2) is 19.0. The van der Waals surface area contributed by atoms with Crippen molar-refractivity contribution in [1.29, 1.82) is 0 Å². The quantitative estimate of drug-likeness (QED) is 0.0662. The van der Waals surface area contributed by atoms with Gasteiger partial charge in [0, 0.05) is 14.0 Å². The van der Waals surface area contributed by atoms with E-state index in [1.54, 1.807) is 0 Å². The average molecular weight is 724 g/mol. The number of hydrogen-bond acceptors (Lipinski definition) is 21. The summed E-state index contributed by atoms with van der Waals surface area (Å²) in [7, 11) is 1.18. The number of aliphatic hydroxyl groups is 13. The molecule has 0 aromatic rings. The predicted molar refractivity (Wildman–Crippen MR) is 152 cm³/mol. The molecule has 22 heteroatoms. The maximum Gasteiger partial charge on any atom is 0.217 e. The number of carbonyl (C=O) groups is 1. The highest BCUT2D eigenvalue weighted by Crippen LogP contribution is 2.36. The molecule has 3 saturated heterocycles. The molecule has 0 unspecified atom stereocenters. The van der Waals surface area contributed by atoms with Crippen LogP contribution >= 0.6 is 0 Å². The lowest BCUT2D eigenvalue weighted by atomic mass is 9.96. The molecule has 49 heavy (non-hydrogen) atoms. The summed E-state index contributed by atoms with van der Waals surface area (Å²) in [5.41, 5.74) is 0. The van der Waals surface area contributed by atoms with E-state index >= 15 is 0 Å². The first kappa shape index (κ1) is 42.1. The van der Waals surface area contributed by atoms with E-state index in [1.807, 2.05) is 0 Å². The summed E-state index contributed by atoms with van der Waals surface area (Å²) in [6.07, 6.45) is -31.9. The molecule has 3 heterocycles. The third-order valence-electron chi connectivity index (χ3n) is 8.50. The van der Waals surface area contributed by atoms with E-state index in [0.29, 0.717) is 0 Å². The Morgan fingerprint density at radius 3 is 1.82 bits per heavy atom. The number of aliphatic hydroxyl groups excluding tert-OH is 13. The van der Waals surface area contributed by atoms with E-state index in [-0.39, 0.29) is 0 Å². The standard InChI is InChI=1S/C27H49NO21/c1-8(34)28-14-22(43-2)18(40)13(7-33)44-25(14)49-24-23(48-26-20(42)19(41)17(39)12(6-32)45-26)21(10(36)4-30)47-27(24)46-11(5-31)16(38)15(37)9(35)3-29/h9-27,29-33,35-42H,3-7H2,1-2H3,(H,28,34)/t9-,10-,11+,12-,13-,14-,15+,16-,17+,18-,19+,20-,21+,22-,23+,24-,25-,26-,27+/m1/s1. The first-order valence-electron chi connectivity index (χ1n) is 15.4. The van der Waals surface area contributed by atoms with Gasteiger partial charge in [-0.15, -0.1) is 0 Å². The maximum absolute atomic E-state index is 12.2. The molecule has 0 aliphatic carbocycles. The van der Waals surface area contributed by atoms with E-state index in [1.165, 1.54) is 7.11 Å². The summed E-state index contributed by atoms with van der Waals surface area (Å²) in [4.78, 5) is 12.2. The van der Waals surface area contributed by atoms with Crippen LogP contribution in [0.1, 0.15) is 6.92 Å². The fraction of sp³-hybridized carbons (Fsp3) is 0.963. The van der Waals surface area contributed by atoms with Crippen molar-refractivity contribution in [3.05, 3.63) is 0 Å². The van der Waals surface area contributed by atoms with Gasteiger partial charge in [0.1, 0.15) is 97.6 Å². The minimum atomic E-state index is -2.10. The molecule has 0 saturated carbocycles. The summed E-state index contributed by atoms with van der Waals surface area (Å²) in [6.45, 7) is -3.56. The molecule has 3 fully saturated rings. The summed E-state index contributed by atoms with van der Waals surface area (Å²) in [5, 5.41) is 135. The van der Waals surface area contributed by atoms with Crippen molar-refractivity contribution >= 4 is 5.91 Å². The molecule has 19 atom stereocenters. The third kappa shape index (κ3) is 9.57. The van der Waals surface area contributed by atoms with Gasteiger partial charge in [-0.3, -0.25) is 4.79 Å². The summed E-state index contributed by atoms with van der Waals surface area (Å²) in [6, 6.07) is -1.35. The zero-order valence-corrected chi connectivity index (χ0v) is 26.6. The van der Waals surface area contributed by atoms with Crippen molar-refractivity contribution in [2.24, 2.45) is 0 Å². The molecule has 14 N–H and O–H groups in total. The Labute approximate surface area is 279 Å². The summed E-state index contributed by atoms with van der Waals surface area (Å²) in [5.74, 6) is -0.656. The van der Waals surface area contributed by atoms with Gasteiger partial charge in [0.2, 0.25) is 5.91 Å². The molecule has 3 rings (SSSR count). The van der Waals surface area contributed by atoms with Crippen molar-refractivity contribution in [1.82, 2.24) is 5.32 Å². The van der Waals surface area contributed by atoms with E-state index in [9.17, 15) is 71.2 Å². The molecule has 3 aliphatic rings. The molecular weight excluding hydrogens is 674 g/mol. The van der Waals surface area contributed by atoms with Crippen LogP contribution in [0.15, 0.2) is 0 Å². The number of ether oxygens (including phenoxy) is 7. The van der Waals surface area contributed by atoms with Gasteiger partial charge in [-0.1, -0.05) is 0 Å². The number of carbonyl (C=O) groups excluding carboxylic acids is 1. The Hall–Kier alpha value is -1.33. The molecular formula is C27H49NO21. The van der Waals surface area contributed by atoms with E-state index in [4.69, 9.17) is 33.2 Å². The highest BCUT2D eigenvalue weighted by atomic mass is 16.8. The zero-order chi connectivity index (χ0) is 36.7. The fourth-order valence-corrected chi connectivity index (χ4v) is 5.77. The normalized spacial score (nSPS) is 41.5. The Balaban J connectivity index is 2.08. The number of hydrogen-bond donors (Lipinski definition) is 14. The van der Waals surface area contributed by atoms with Crippen molar-refractivity contribution in [3.8, 4) is 0 Å². The minimum Gasteiger partial charge on any atom is -0.394 e. The van der Waals surface area contributed by atoms with Gasteiger partial charge < -0.3 is 105 Å². The van der Waals surface area contributed by atoms with Crippen LogP contribution in [0.4, 0.5) is 0 Å². The maximum atomic E-state index is 12.2. The first-order valence-corrected chi connectivity index (χ1v) is 15.4. The Bertz CT molecular complexity index is 998. The van der Waals surface area contributed by atoms with Gasteiger partial charge in [-0.2, -0.15) is 0 Å². The van der Waals surface area contributed by atoms with Gasteiger partial charge >= 0.3 is 0 Å². The molecule has 0 aromatic heterocycles. The molecule has 0 aromatic carbocycles. The SMILES string of the molecule is CO[C@H]1[C@H](O)[C@@H](CO)O[C@H](O[C@H]2[C@@H](O[C@@H](CO)[C@@H](O)[C@@H](O)[C@H](O)CO)O[C@@H]([C@H](O)CO)[C@@H]2O[C@H]2O[C@H](CO)[C@H](O)[C@H](O)[C@H]2O)[C@@H]1NC(C)=O. The fourth-order valence-electron chi connectivity index (χ4n) is 5.77. The predicted octanol–water partition coefficient (Wildman–Crippen LogP) is -9.31. The van der Waals surface area contributed by atoms with Gasteiger partial charge in [0.25, 0.3) is 0 Å². The Morgan fingerprint density at radius 2 is 1.29 bits per heavy atom. The van der Waals surface area contributed by atoms with E-state index in [0.717, 1.165) is 6.92 Å². The van der Waals surface area contributed by atoms with Gasteiger partial charge in [0.05, 0.1) is 33.0 Å². The van der Waals surface area contributed by atoms with Crippen LogP contribution in [0, 0.1) is 0 Å². The van der Waals surface area contributed by atoms with Crippen LogP contribution in [-0.2, 0) is 38.0 Å². The van der Waals surface area contributed by atoms with Crippen LogP contribution in [0.25, 0.3) is 0 Å². The molecule has 0 radical (unpaired) electrons. The van der Waals surface area contributed by atoms with Crippen LogP contribution in [0.2, 0.25) is 0 Å². The number of amides is 1. The van der Waals surface area contributed by atoms with Crippen LogP contribution in [0.5, 0.6) is 0 Å². The second-order valence-electron chi connectivity index (χ2n) is 11.8. The highest BCUT2D eigenvalue weighted by molar-refractivity contribution is 5.73. The molecule has 3 aliphatic heterocycles. The van der Waals surface area contributed by atoms with Gasteiger partial charge in [-0.25, -0.2) is 0 Å². The summed E-state index contributed by atoms with van der Waals surface area (Å²) < 4.78 is 40.0. The van der Waals surface area contributed by atoms with Crippen LogP contribution < -0.4 is 5.32 Å². The van der Waals surface area contributed by atoms with Crippen LogP contribution in [-0.4, -0.2) is 229 Å². The van der Waals surface area contributed by atoms with Gasteiger partial charge in [0.15, 0.2) is 18.9 Å². The number of methoxy groups -OCH3 is 1. The lowest BCUT2D eigenvalue weighted by Gasteiger charge is -2.45. The zero-order valence-electron chi connectivity index (χ0n) is 26.6. The van der Waals surface area contributed by atoms with E-state index < -0.39 is 155 Å². The van der Waals surface area contributed by atoms with Crippen LogP contribution in [0.3, 0.4) is 0 Å². The largest absolute Gasteiger partial charge is 0.394 e. The second-order valence-corrected chi connectivity index (χ2v) is 11.8. The average Bonchev–Trinajstić information content (AvgIpc) is 3.42. The highest BCUT2D eigenvalue weighted by Gasteiger charge is 2.57. The van der Waals surface area contributed by atoms with Gasteiger partial charge in [-0.05, 0) is 0 Å². The van der Waals surface area contributed by atoms with Crippen molar-refractivity contribution in [3.63, 3.8) is 0 Å². The van der Waals surface area contributed by atoms with Crippen molar-refractivity contribution in [2.75, 3.05) is 40.1 Å². The summed E-state index contributed by atoms with van der Waals surface area (Å²) >= 11 is 0. The lowest BCUT2D eigenvalue weighted by Crippen LogP contribution is -2.66.